The Hall–Kier alpha value is -0.750. The first-order chi connectivity index (χ1) is 8.92. The van der Waals surface area contributed by atoms with Gasteiger partial charge in [0.15, 0.2) is 0 Å². The van der Waals surface area contributed by atoms with Crippen LogP contribution in [0, 0.1) is 11.8 Å². The summed E-state index contributed by atoms with van der Waals surface area (Å²) in [6.07, 6.45) is -1.39. The number of aliphatic hydroxyl groups excluding tert-OH is 1. The smallest absolute Gasteiger partial charge is 0.251 e. The van der Waals surface area contributed by atoms with Gasteiger partial charge in [-0.2, -0.15) is 0 Å². The van der Waals surface area contributed by atoms with E-state index in [2.05, 4.69) is 13.8 Å². The molecule has 112 valence electrons. The molecule has 0 aromatic carbocycles. The molecule has 1 amide bonds. The molecule has 1 rings (SSSR count). The number of alkyl halides is 2. The van der Waals surface area contributed by atoms with Crippen molar-refractivity contribution in [1.82, 2.24) is 9.80 Å². The van der Waals surface area contributed by atoms with Crippen molar-refractivity contribution in [2.45, 2.75) is 26.7 Å². The highest BCUT2D eigenvalue weighted by atomic mass is 19.3. The molecule has 19 heavy (non-hydrogen) atoms. The van der Waals surface area contributed by atoms with Crippen LogP contribution < -0.4 is 0 Å². The molecule has 0 radical (unpaired) electrons. The molecule has 4 nitrogen and oxygen atoms in total. The highest BCUT2D eigenvalue weighted by Gasteiger charge is 2.26. The lowest BCUT2D eigenvalue weighted by molar-refractivity contribution is -0.135. The summed E-state index contributed by atoms with van der Waals surface area (Å²) >= 11 is 0. The maximum absolute atomic E-state index is 12.4. The first kappa shape index (κ1) is 16.3. The zero-order valence-electron chi connectivity index (χ0n) is 11.7. The van der Waals surface area contributed by atoms with E-state index in [0.29, 0.717) is 24.9 Å². The van der Waals surface area contributed by atoms with Crippen LogP contribution in [-0.2, 0) is 4.79 Å². The van der Waals surface area contributed by atoms with E-state index in [-0.39, 0.29) is 25.6 Å². The van der Waals surface area contributed by atoms with Crippen LogP contribution in [0.4, 0.5) is 8.78 Å². The normalized spacial score (nSPS) is 24.3. The van der Waals surface area contributed by atoms with Gasteiger partial charge in [-0.3, -0.25) is 9.69 Å². The highest BCUT2D eigenvalue weighted by molar-refractivity contribution is 5.78. The molecule has 0 spiro atoms. The number of rotatable bonds is 6. The van der Waals surface area contributed by atoms with Crippen LogP contribution in [0.15, 0.2) is 0 Å². The number of carbonyl (C=O) groups is 1. The second-order valence-electron chi connectivity index (χ2n) is 5.59. The van der Waals surface area contributed by atoms with Gasteiger partial charge in [-0.1, -0.05) is 13.8 Å². The molecule has 1 aliphatic heterocycles. The van der Waals surface area contributed by atoms with Crippen molar-refractivity contribution in [2.24, 2.45) is 11.8 Å². The monoisotopic (exact) mass is 278 g/mol. The quantitative estimate of drug-likeness (QED) is 0.790. The predicted molar refractivity (Wildman–Crippen MR) is 69.1 cm³/mol. The number of carbonyl (C=O) groups excluding carboxylic acids is 1. The van der Waals surface area contributed by atoms with Crippen LogP contribution >= 0.6 is 0 Å². The summed E-state index contributed by atoms with van der Waals surface area (Å²) in [5, 5.41) is 8.85. The number of nitrogens with zero attached hydrogens (tertiary/aromatic N) is 2. The number of hydrogen-bond donors (Lipinski definition) is 1. The minimum absolute atomic E-state index is 0.0374. The summed E-state index contributed by atoms with van der Waals surface area (Å²) in [4.78, 5) is 15.2. The van der Waals surface area contributed by atoms with Gasteiger partial charge in [-0.15, -0.1) is 0 Å². The molecular formula is C13H24F2N2O2. The topological polar surface area (TPSA) is 43.8 Å². The van der Waals surface area contributed by atoms with Crippen molar-refractivity contribution < 1.29 is 18.7 Å². The van der Waals surface area contributed by atoms with Crippen molar-refractivity contribution in [3.63, 3.8) is 0 Å². The Kier molecular flexibility index (Phi) is 6.65. The zero-order chi connectivity index (χ0) is 14.4. The van der Waals surface area contributed by atoms with Crippen LogP contribution in [0.2, 0.25) is 0 Å². The van der Waals surface area contributed by atoms with Gasteiger partial charge in [0.25, 0.3) is 6.43 Å². The average Bonchev–Trinajstić information content (AvgIpc) is 2.26. The van der Waals surface area contributed by atoms with Crippen LogP contribution in [-0.4, -0.2) is 66.6 Å². The van der Waals surface area contributed by atoms with E-state index in [4.69, 9.17) is 5.11 Å². The van der Waals surface area contributed by atoms with Crippen LogP contribution in [0.5, 0.6) is 0 Å². The molecule has 1 N–H and O–H groups in total. The van der Waals surface area contributed by atoms with Gasteiger partial charge in [-0.05, 0) is 18.3 Å². The standard InChI is InChI=1S/C13H24F2N2O2/c1-10-5-11(2)7-17(6-10)13(19)9-16(3-4-18)8-12(14)15/h10-12,18H,3-9H2,1-2H3. The fourth-order valence-electron chi connectivity index (χ4n) is 2.73. The van der Waals surface area contributed by atoms with E-state index in [1.54, 1.807) is 4.90 Å². The van der Waals surface area contributed by atoms with E-state index in [1.165, 1.54) is 4.90 Å². The average molecular weight is 278 g/mol. The maximum atomic E-state index is 12.4. The van der Waals surface area contributed by atoms with Crippen LogP contribution in [0.1, 0.15) is 20.3 Å². The van der Waals surface area contributed by atoms with Gasteiger partial charge >= 0.3 is 0 Å². The number of amides is 1. The molecule has 0 aliphatic carbocycles. The summed E-state index contributed by atoms with van der Waals surface area (Å²) < 4.78 is 24.8. The molecule has 6 heteroatoms. The molecule has 0 saturated carbocycles. The lowest BCUT2D eigenvalue weighted by atomic mass is 9.92. The van der Waals surface area contributed by atoms with Gasteiger partial charge in [0, 0.05) is 19.6 Å². The lowest BCUT2D eigenvalue weighted by Crippen LogP contribution is -2.48. The summed E-state index contributed by atoms with van der Waals surface area (Å²) in [7, 11) is 0. The third kappa shape index (κ3) is 5.82. The molecule has 0 aromatic heterocycles. The summed E-state index contributed by atoms with van der Waals surface area (Å²) in [6, 6.07) is 0. The van der Waals surface area contributed by atoms with E-state index in [9.17, 15) is 13.6 Å². The highest BCUT2D eigenvalue weighted by Crippen LogP contribution is 2.21. The van der Waals surface area contributed by atoms with Crippen molar-refractivity contribution in [3.05, 3.63) is 0 Å². The third-order valence-corrected chi connectivity index (χ3v) is 3.39. The molecular weight excluding hydrogens is 254 g/mol. The molecule has 2 unspecified atom stereocenters. The van der Waals surface area contributed by atoms with Gasteiger partial charge in [0.1, 0.15) is 0 Å². The van der Waals surface area contributed by atoms with Crippen LogP contribution in [0.3, 0.4) is 0 Å². The van der Waals surface area contributed by atoms with Crippen molar-refractivity contribution in [1.29, 1.82) is 0 Å². The fraction of sp³-hybridized carbons (Fsp3) is 0.923. The first-order valence-electron chi connectivity index (χ1n) is 6.81. The van der Waals surface area contributed by atoms with E-state index >= 15 is 0 Å². The minimum atomic E-state index is -2.49. The Bertz CT molecular complexity index is 280. The third-order valence-electron chi connectivity index (χ3n) is 3.39. The number of likely N-dealkylation sites (tertiary alicyclic amines) is 1. The number of piperidine rings is 1. The minimum Gasteiger partial charge on any atom is -0.395 e. The Labute approximate surface area is 113 Å². The Morgan fingerprint density at radius 3 is 2.42 bits per heavy atom. The predicted octanol–water partition coefficient (Wildman–Crippen LogP) is 1.05. The van der Waals surface area contributed by atoms with E-state index < -0.39 is 13.0 Å². The second-order valence-corrected chi connectivity index (χ2v) is 5.59. The number of aliphatic hydroxyl groups is 1. The summed E-state index contributed by atoms with van der Waals surface area (Å²) in [5.74, 6) is 0.788. The molecule has 1 saturated heterocycles. The Morgan fingerprint density at radius 2 is 1.95 bits per heavy atom. The van der Waals surface area contributed by atoms with Crippen LogP contribution in [0.25, 0.3) is 0 Å². The first-order valence-corrected chi connectivity index (χ1v) is 6.81. The Morgan fingerprint density at radius 1 is 1.37 bits per heavy atom. The Balaban J connectivity index is 2.50. The molecule has 1 heterocycles. The molecule has 1 fully saturated rings. The molecule has 2 atom stereocenters. The summed E-state index contributed by atoms with van der Waals surface area (Å²) in [5.41, 5.74) is 0. The molecule has 0 aromatic rings. The lowest BCUT2D eigenvalue weighted by Gasteiger charge is -2.36. The van der Waals surface area contributed by atoms with Gasteiger partial charge in [-0.25, -0.2) is 8.78 Å². The van der Waals surface area contributed by atoms with E-state index in [1.807, 2.05) is 0 Å². The number of hydrogen-bond acceptors (Lipinski definition) is 3. The van der Waals surface area contributed by atoms with E-state index in [0.717, 1.165) is 6.42 Å². The zero-order valence-corrected chi connectivity index (χ0v) is 11.7. The SMILES string of the molecule is CC1CC(C)CN(C(=O)CN(CCO)CC(F)F)C1. The van der Waals surface area contributed by atoms with Crippen molar-refractivity contribution in [3.8, 4) is 0 Å². The largest absolute Gasteiger partial charge is 0.395 e. The fourth-order valence-corrected chi connectivity index (χ4v) is 2.73. The van der Waals surface area contributed by atoms with Crippen molar-refractivity contribution >= 4 is 5.91 Å². The molecule has 0 bridgehead atoms. The second kappa shape index (κ2) is 7.75. The number of halogens is 2. The van der Waals surface area contributed by atoms with Gasteiger partial charge in [0.2, 0.25) is 5.91 Å². The summed E-state index contributed by atoms with van der Waals surface area (Å²) in [6.45, 7) is 4.98. The van der Waals surface area contributed by atoms with Gasteiger partial charge in [0.05, 0.1) is 19.7 Å². The van der Waals surface area contributed by atoms with Crippen molar-refractivity contribution in [2.75, 3.05) is 39.3 Å². The maximum Gasteiger partial charge on any atom is 0.251 e. The molecule has 1 aliphatic rings. The van der Waals surface area contributed by atoms with Gasteiger partial charge < -0.3 is 10.0 Å².